The van der Waals surface area contributed by atoms with Crippen molar-refractivity contribution < 1.29 is 30.0 Å². The van der Waals surface area contributed by atoms with E-state index in [1.165, 1.54) is 0 Å². The third kappa shape index (κ3) is 3.89. The summed E-state index contributed by atoms with van der Waals surface area (Å²) in [5.41, 5.74) is 4.95. The summed E-state index contributed by atoms with van der Waals surface area (Å²) in [6, 6.07) is 0. The molecule has 0 amide bonds. The SMILES string of the molecule is NCCS.O=C1OC(C(O)CO)C(O)=C1O. The summed E-state index contributed by atoms with van der Waals surface area (Å²) in [7, 11) is 0. The van der Waals surface area contributed by atoms with Crippen LogP contribution in [-0.2, 0) is 9.53 Å². The fourth-order valence-electron chi connectivity index (χ4n) is 0.823. The van der Waals surface area contributed by atoms with E-state index in [9.17, 15) is 4.79 Å². The first-order valence-electron chi connectivity index (χ1n) is 4.42. The monoisotopic (exact) mass is 253 g/mol. The van der Waals surface area contributed by atoms with Crippen LogP contribution in [0.15, 0.2) is 11.5 Å². The number of ether oxygens (including phenoxy) is 1. The van der Waals surface area contributed by atoms with Gasteiger partial charge in [-0.2, -0.15) is 12.6 Å². The average molecular weight is 253 g/mol. The number of thiol groups is 1. The van der Waals surface area contributed by atoms with Crippen molar-refractivity contribution in [3.05, 3.63) is 11.5 Å². The molecule has 0 aliphatic carbocycles. The second kappa shape index (κ2) is 7.34. The maximum Gasteiger partial charge on any atom is 0.377 e. The predicted octanol–water partition coefficient (Wildman–Crippen LogP) is -1.53. The van der Waals surface area contributed by atoms with Gasteiger partial charge in [-0.15, -0.1) is 0 Å². The molecule has 0 aromatic rings. The quantitative estimate of drug-likeness (QED) is 0.265. The van der Waals surface area contributed by atoms with E-state index in [1.807, 2.05) is 0 Å². The number of rotatable bonds is 3. The number of carbonyl (C=O) groups is 1. The van der Waals surface area contributed by atoms with Gasteiger partial charge >= 0.3 is 5.97 Å². The first kappa shape index (κ1) is 15.0. The molecule has 1 aliphatic heterocycles. The van der Waals surface area contributed by atoms with Gasteiger partial charge in [0.25, 0.3) is 0 Å². The lowest BCUT2D eigenvalue weighted by molar-refractivity contribution is -0.147. The van der Waals surface area contributed by atoms with Crippen LogP contribution < -0.4 is 5.73 Å². The number of aliphatic hydroxyl groups excluding tert-OH is 4. The second-order valence-corrected chi connectivity index (χ2v) is 3.27. The molecule has 2 atom stereocenters. The fraction of sp³-hybridized carbons (Fsp3) is 0.625. The van der Waals surface area contributed by atoms with E-state index in [2.05, 4.69) is 17.4 Å². The molecule has 8 heteroatoms. The summed E-state index contributed by atoms with van der Waals surface area (Å²) in [6.45, 7) is 0.0123. The zero-order valence-electron chi connectivity index (χ0n) is 8.41. The maximum atomic E-state index is 10.5. The van der Waals surface area contributed by atoms with Gasteiger partial charge in [0.05, 0.1) is 6.61 Å². The Bertz CT molecular complexity index is 267. The first-order chi connectivity index (χ1) is 7.49. The minimum Gasteiger partial charge on any atom is -0.505 e. The average Bonchev–Trinajstić information content (AvgIpc) is 2.56. The Balaban J connectivity index is 0.000000487. The first-order valence-corrected chi connectivity index (χ1v) is 5.05. The van der Waals surface area contributed by atoms with Crippen molar-refractivity contribution in [3.63, 3.8) is 0 Å². The third-order valence-corrected chi connectivity index (χ3v) is 1.86. The van der Waals surface area contributed by atoms with Crippen molar-refractivity contribution in [2.24, 2.45) is 5.73 Å². The lowest BCUT2D eigenvalue weighted by Gasteiger charge is -2.13. The predicted molar refractivity (Wildman–Crippen MR) is 58.2 cm³/mol. The summed E-state index contributed by atoms with van der Waals surface area (Å²) in [6.07, 6.45) is -2.78. The molecule has 1 heterocycles. The Kier molecular flexibility index (Phi) is 6.90. The van der Waals surface area contributed by atoms with E-state index in [-0.39, 0.29) is 0 Å². The molecule has 0 saturated carbocycles. The van der Waals surface area contributed by atoms with Gasteiger partial charge in [0.15, 0.2) is 11.9 Å². The van der Waals surface area contributed by atoms with Crippen LogP contribution in [-0.4, -0.2) is 57.5 Å². The summed E-state index contributed by atoms with van der Waals surface area (Å²) in [5.74, 6) is -1.99. The molecular formula is C8H15NO6S. The van der Waals surface area contributed by atoms with Gasteiger partial charge in [-0.3, -0.25) is 0 Å². The topological polar surface area (TPSA) is 133 Å². The van der Waals surface area contributed by atoms with E-state index >= 15 is 0 Å². The maximum absolute atomic E-state index is 10.5. The number of aliphatic hydroxyl groups is 4. The van der Waals surface area contributed by atoms with Crippen molar-refractivity contribution in [2.75, 3.05) is 18.9 Å². The van der Waals surface area contributed by atoms with E-state index in [0.717, 1.165) is 5.75 Å². The summed E-state index contributed by atoms with van der Waals surface area (Å²) in [5, 5.41) is 35.0. The van der Waals surface area contributed by atoms with Crippen LogP contribution in [0.1, 0.15) is 0 Å². The second-order valence-electron chi connectivity index (χ2n) is 2.82. The van der Waals surface area contributed by atoms with Gasteiger partial charge in [-0.25, -0.2) is 4.79 Å². The van der Waals surface area contributed by atoms with Crippen LogP contribution in [0.5, 0.6) is 0 Å². The van der Waals surface area contributed by atoms with Crippen LogP contribution in [0.2, 0.25) is 0 Å². The molecule has 0 aromatic carbocycles. The van der Waals surface area contributed by atoms with E-state index in [1.54, 1.807) is 0 Å². The highest BCUT2D eigenvalue weighted by Crippen LogP contribution is 2.20. The van der Waals surface area contributed by atoms with Gasteiger partial charge in [0.2, 0.25) is 5.76 Å². The number of esters is 1. The number of cyclic esters (lactones) is 1. The Morgan fingerprint density at radius 1 is 1.50 bits per heavy atom. The van der Waals surface area contributed by atoms with E-state index in [0.29, 0.717) is 6.54 Å². The highest BCUT2D eigenvalue weighted by molar-refractivity contribution is 7.80. The Labute approximate surface area is 97.6 Å². The molecule has 0 aromatic heterocycles. The molecule has 0 spiro atoms. The minimum atomic E-state index is -1.42. The fourth-order valence-corrected chi connectivity index (χ4v) is 0.823. The minimum absolute atomic E-state index is 0.671. The molecule has 0 saturated heterocycles. The number of nitrogens with two attached hydrogens (primary N) is 1. The summed E-state index contributed by atoms with van der Waals surface area (Å²) >= 11 is 3.80. The number of carbonyl (C=O) groups excluding carboxylic acids is 1. The molecule has 94 valence electrons. The summed E-state index contributed by atoms with van der Waals surface area (Å²) in [4.78, 5) is 10.5. The molecule has 0 bridgehead atoms. The lowest BCUT2D eigenvalue weighted by atomic mass is 10.2. The van der Waals surface area contributed by atoms with Crippen molar-refractivity contribution in [2.45, 2.75) is 12.2 Å². The Morgan fingerprint density at radius 3 is 2.25 bits per heavy atom. The van der Waals surface area contributed by atoms with Crippen molar-refractivity contribution in [1.29, 1.82) is 0 Å². The molecule has 2 unspecified atom stereocenters. The zero-order chi connectivity index (χ0) is 12.7. The normalized spacial score (nSPS) is 21.2. The van der Waals surface area contributed by atoms with E-state index < -0.39 is 36.3 Å². The highest BCUT2D eigenvalue weighted by atomic mass is 32.1. The molecule has 1 rings (SSSR count). The largest absolute Gasteiger partial charge is 0.505 e. The Morgan fingerprint density at radius 2 is 2.00 bits per heavy atom. The lowest BCUT2D eigenvalue weighted by Crippen LogP contribution is -2.31. The van der Waals surface area contributed by atoms with Gasteiger partial charge in [0.1, 0.15) is 6.10 Å². The molecule has 1 aliphatic rings. The van der Waals surface area contributed by atoms with Crippen LogP contribution in [0, 0.1) is 0 Å². The molecule has 0 fully saturated rings. The van der Waals surface area contributed by atoms with Gasteiger partial charge in [-0.1, -0.05) is 0 Å². The van der Waals surface area contributed by atoms with Gasteiger partial charge < -0.3 is 30.9 Å². The molecule has 6 N–H and O–H groups in total. The van der Waals surface area contributed by atoms with Crippen LogP contribution >= 0.6 is 12.6 Å². The van der Waals surface area contributed by atoms with Crippen molar-refractivity contribution in [1.82, 2.24) is 0 Å². The third-order valence-electron chi connectivity index (χ3n) is 1.61. The van der Waals surface area contributed by atoms with Crippen LogP contribution in [0.3, 0.4) is 0 Å². The highest BCUT2D eigenvalue weighted by Gasteiger charge is 2.38. The van der Waals surface area contributed by atoms with Crippen molar-refractivity contribution in [3.8, 4) is 0 Å². The van der Waals surface area contributed by atoms with Gasteiger partial charge in [0, 0.05) is 12.3 Å². The summed E-state index contributed by atoms with van der Waals surface area (Å²) < 4.78 is 4.32. The smallest absolute Gasteiger partial charge is 0.377 e. The van der Waals surface area contributed by atoms with Crippen molar-refractivity contribution >= 4 is 18.6 Å². The van der Waals surface area contributed by atoms with Crippen LogP contribution in [0.25, 0.3) is 0 Å². The molecule has 16 heavy (non-hydrogen) atoms. The van der Waals surface area contributed by atoms with Crippen LogP contribution in [0.4, 0.5) is 0 Å². The molecule has 0 radical (unpaired) electrons. The standard InChI is InChI=1S/C6H8O6.C2H7NS/c7-1-2(8)5-3(9)4(10)6(11)12-5;3-1-2-4/h2,5,7-10H,1H2;4H,1-3H2. The Hall–Kier alpha value is -0.960. The van der Waals surface area contributed by atoms with Gasteiger partial charge in [-0.05, 0) is 0 Å². The zero-order valence-corrected chi connectivity index (χ0v) is 9.30. The molecular weight excluding hydrogens is 238 g/mol. The number of hydrogen-bond acceptors (Lipinski definition) is 8. The number of hydrogen-bond donors (Lipinski definition) is 6. The molecule has 7 nitrogen and oxygen atoms in total. The van der Waals surface area contributed by atoms with E-state index in [4.69, 9.17) is 26.2 Å².